The highest BCUT2D eigenvalue weighted by Gasteiger charge is 2.01. The molecular formula is C17H14FN3. The van der Waals surface area contributed by atoms with Crippen LogP contribution in [0.3, 0.4) is 0 Å². The van der Waals surface area contributed by atoms with Crippen LogP contribution in [0, 0.1) is 5.82 Å². The molecule has 1 N–H and O–H groups in total. The molecule has 2 aromatic carbocycles. The highest BCUT2D eigenvalue weighted by atomic mass is 19.1. The summed E-state index contributed by atoms with van der Waals surface area (Å²) in [6.07, 6.45) is 3.46. The molecule has 4 heteroatoms. The molecule has 1 heterocycles. The summed E-state index contributed by atoms with van der Waals surface area (Å²) in [4.78, 5) is 8.55. The van der Waals surface area contributed by atoms with Crippen molar-refractivity contribution in [2.45, 2.75) is 6.54 Å². The van der Waals surface area contributed by atoms with E-state index in [-0.39, 0.29) is 5.82 Å². The summed E-state index contributed by atoms with van der Waals surface area (Å²) < 4.78 is 12.9. The third-order valence-corrected chi connectivity index (χ3v) is 3.12. The lowest BCUT2D eigenvalue weighted by atomic mass is 10.1. The number of aromatic nitrogens is 2. The van der Waals surface area contributed by atoms with Gasteiger partial charge in [-0.1, -0.05) is 42.5 Å². The van der Waals surface area contributed by atoms with Gasteiger partial charge in [-0.2, -0.15) is 0 Å². The summed E-state index contributed by atoms with van der Waals surface area (Å²) in [7, 11) is 0. The number of nitrogens with one attached hydrogen (secondary N) is 1. The fourth-order valence-electron chi connectivity index (χ4n) is 1.99. The van der Waals surface area contributed by atoms with E-state index in [4.69, 9.17) is 0 Å². The van der Waals surface area contributed by atoms with E-state index in [0.717, 1.165) is 11.1 Å². The van der Waals surface area contributed by atoms with Crippen molar-refractivity contribution in [1.29, 1.82) is 0 Å². The minimum absolute atomic E-state index is 0.249. The van der Waals surface area contributed by atoms with Crippen LogP contribution in [0.25, 0.3) is 11.1 Å². The van der Waals surface area contributed by atoms with Crippen molar-refractivity contribution in [2.24, 2.45) is 0 Å². The molecule has 0 atom stereocenters. The van der Waals surface area contributed by atoms with Crippen LogP contribution in [-0.4, -0.2) is 9.97 Å². The molecule has 0 aliphatic carbocycles. The zero-order valence-corrected chi connectivity index (χ0v) is 11.3. The van der Waals surface area contributed by atoms with Gasteiger partial charge in [-0.05, 0) is 23.3 Å². The van der Waals surface area contributed by atoms with Gasteiger partial charge >= 0.3 is 0 Å². The summed E-state index contributed by atoms with van der Waals surface area (Å²) in [6.45, 7) is 0.677. The van der Waals surface area contributed by atoms with Crippen LogP contribution in [0.15, 0.2) is 67.0 Å². The molecule has 0 unspecified atom stereocenters. The molecule has 0 bridgehead atoms. The molecule has 3 nitrogen and oxygen atoms in total. The third kappa shape index (κ3) is 3.42. The number of anilines is 1. The number of hydrogen-bond acceptors (Lipinski definition) is 3. The van der Waals surface area contributed by atoms with E-state index in [1.807, 2.05) is 30.3 Å². The Morgan fingerprint density at radius 1 is 0.810 bits per heavy atom. The second-order valence-electron chi connectivity index (χ2n) is 4.64. The molecule has 21 heavy (non-hydrogen) atoms. The maximum atomic E-state index is 12.9. The van der Waals surface area contributed by atoms with Crippen molar-refractivity contribution < 1.29 is 4.39 Å². The Hall–Kier alpha value is -2.75. The topological polar surface area (TPSA) is 37.8 Å². The van der Waals surface area contributed by atoms with E-state index in [1.54, 1.807) is 24.5 Å². The Balaban J connectivity index is 1.68. The van der Waals surface area contributed by atoms with Gasteiger partial charge in [-0.25, -0.2) is 14.4 Å². The first-order chi connectivity index (χ1) is 10.3. The summed E-state index contributed by atoms with van der Waals surface area (Å²) in [5.74, 6) is 0.325. The monoisotopic (exact) mass is 279 g/mol. The van der Waals surface area contributed by atoms with Gasteiger partial charge in [-0.3, -0.25) is 0 Å². The van der Waals surface area contributed by atoms with Gasteiger partial charge < -0.3 is 5.32 Å². The van der Waals surface area contributed by atoms with Crippen LogP contribution in [0.4, 0.5) is 10.3 Å². The standard InChI is InChI=1S/C17H14FN3/c18-16-8-6-14(7-9-16)15-11-20-17(21-12-15)19-10-13-4-2-1-3-5-13/h1-9,11-12H,10H2,(H,19,20,21). The van der Waals surface area contributed by atoms with E-state index in [0.29, 0.717) is 12.5 Å². The minimum Gasteiger partial charge on any atom is -0.350 e. The van der Waals surface area contributed by atoms with Crippen LogP contribution in [0.1, 0.15) is 5.56 Å². The molecule has 0 amide bonds. The Morgan fingerprint density at radius 3 is 2.14 bits per heavy atom. The van der Waals surface area contributed by atoms with Crippen LogP contribution < -0.4 is 5.32 Å². The Morgan fingerprint density at radius 2 is 1.48 bits per heavy atom. The lowest BCUT2D eigenvalue weighted by molar-refractivity contribution is 0.628. The summed E-state index contributed by atoms with van der Waals surface area (Å²) >= 11 is 0. The molecule has 0 aliphatic heterocycles. The smallest absolute Gasteiger partial charge is 0.222 e. The van der Waals surface area contributed by atoms with Gasteiger partial charge in [0.1, 0.15) is 5.82 Å². The van der Waals surface area contributed by atoms with Crippen LogP contribution in [-0.2, 0) is 6.54 Å². The van der Waals surface area contributed by atoms with Gasteiger partial charge in [0.2, 0.25) is 5.95 Å². The molecule has 0 spiro atoms. The van der Waals surface area contributed by atoms with Crippen LogP contribution >= 0.6 is 0 Å². The number of benzene rings is 2. The van der Waals surface area contributed by atoms with Gasteiger partial charge in [0.05, 0.1) is 0 Å². The quantitative estimate of drug-likeness (QED) is 0.787. The van der Waals surface area contributed by atoms with Gasteiger partial charge in [0, 0.05) is 24.5 Å². The van der Waals surface area contributed by atoms with E-state index in [9.17, 15) is 4.39 Å². The van der Waals surface area contributed by atoms with Crippen LogP contribution in [0.5, 0.6) is 0 Å². The molecule has 3 rings (SSSR count). The van der Waals surface area contributed by atoms with Crippen molar-refractivity contribution in [3.05, 3.63) is 78.4 Å². The second-order valence-corrected chi connectivity index (χ2v) is 4.64. The Labute approximate surface area is 122 Å². The van der Waals surface area contributed by atoms with Crippen molar-refractivity contribution in [1.82, 2.24) is 9.97 Å². The molecule has 0 radical (unpaired) electrons. The number of nitrogens with zero attached hydrogens (tertiary/aromatic N) is 2. The average Bonchev–Trinajstić information content (AvgIpc) is 2.55. The summed E-state index contributed by atoms with van der Waals surface area (Å²) in [6, 6.07) is 16.3. The number of halogens is 1. The fourth-order valence-corrected chi connectivity index (χ4v) is 1.99. The van der Waals surface area contributed by atoms with Crippen molar-refractivity contribution in [3.63, 3.8) is 0 Å². The zero-order chi connectivity index (χ0) is 14.5. The average molecular weight is 279 g/mol. The third-order valence-electron chi connectivity index (χ3n) is 3.12. The highest BCUT2D eigenvalue weighted by molar-refractivity contribution is 5.61. The van der Waals surface area contributed by atoms with Gasteiger partial charge in [0.25, 0.3) is 0 Å². The van der Waals surface area contributed by atoms with Crippen LogP contribution in [0.2, 0.25) is 0 Å². The van der Waals surface area contributed by atoms with E-state index >= 15 is 0 Å². The molecule has 0 saturated carbocycles. The SMILES string of the molecule is Fc1ccc(-c2cnc(NCc3ccccc3)nc2)cc1. The first-order valence-corrected chi connectivity index (χ1v) is 6.67. The summed E-state index contributed by atoms with van der Waals surface area (Å²) in [5.41, 5.74) is 2.93. The zero-order valence-electron chi connectivity index (χ0n) is 11.3. The van der Waals surface area contributed by atoms with Crippen molar-refractivity contribution >= 4 is 5.95 Å². The Kier molecular flexibility index (Phi) is 3.87. The molecule has 3 aromatic rings. The normalized spacial score (nSPS) is 10.3. The predicted octanol–water partition coefficient (Wildman–Crippen LogP) is 3.89. The van der Waals surface area contributed by atoms with Crippen molar-refractivity contribution in [2.75, 3.05) is 5.32 Å². The van der Waals surface area contributed by atoms with E-state index in [2.05, 4.69) is 15.3 Å². The molecule has 0 fully saturated rings. The number of hydrogen-bond donors (Lipinski definition) is 1. The maximum absolute atomic E-state index is 12.9. The van der Waals surface area contributed by atoms with Gasteiger partial charge in [-0.15, -0.1) is 0 Å². The number of rotatable bonds is 4. The van der Waals surface area contributed by atoms with E-state index in [1.165, 1.54) is 17.7 Å². The maximum Gasteiger partial charge on any atom is 0.222 e. The van der Waals surface area contributed by atoms with E-state index < -0.39 is 0 Å². The highest BCUT2D eigenvalue weighted by Crippen LogP contribution is 2.18. The second kappa shape index (κ2) is 6.13. The molecule has 0 saturated heterocycles. The lowest BCUT2D eigenvalue weighted by Gasteiger charge is -2.06. The Bertz CT molecular complexity index is 694. The lowest BCUT2D eigenvalue weighted by Crippen LogP contribution is -2.03. The molecule has 1 aromatic heterocycles. The molecule has 0 aliphatic rings. The molecular weight excluding hydrogens is 265 g/mol. The first kappa shape index (κ1) is 13.2. The first-order valence-electron chi connectivity index (χ1n) is 6.67. The van der Waals surface area contributed by atoms with Gasteiger partial charge in [0.15, 0.2) is 0 Å². The predicted molar refractivity (Wildman–Crippen MR) is 81.2 cm³/mol. The molecule has 104 valence electrons. The minimum atomic E-state index is -0.249. The summed E-state index contributed by atoms with van der Waals surface area (Å²) in [5, 5.41) is 3.17. The fraction of sp³-hybridized carbons (Fsp3) is 0.0588. The largest absolute Gasteiger partial charge is 0.350 e. The van der Waals surface area contributed by atoms with Crippen molar-refractivity contribution in [3.8, 4) is 11.1 Å².